The van der Waals surface area contributed by atoms with Crippen LogP contribution in [0.25, 0.3) is 0 Å². The van der Waals surface area contributed by atoms with Crippen LogP contribution in [0.4, 0.5) is 4.79 Å². The molecule has 0 aliphatic carbocycles. The van der Waals surface area contributed by atoms with Gasteiger partial charge >= 0.3 is 6.03 Å². The summed E-state index contributed by atoms with van der Waals surface area (Å²) in [6.07, 6.45) is 5.08. The fourth-order valence-electron chi connectivity index (χ4n) is 0.236. The Hall–Kier alpha value is -1.50. The highest BCUT2D eigenvalue weighted by molar-refractivity contribution is 5.84. The number of carbonyl (C=O) groups excluding carboxylic acids is 2. The molecule has 4 nitrogen and oxygen atoms in total. The van der Waals surface area contributed by atoms with Gasteiger partial charge in [-0.1, -0.05) is 5.92 Å². The SMILES string of the molecule is C#CCNC(=O)NC=O. The number of imide groups is 1. The lowest BCUT2D eigenvalue weighted by Gasteiger charge is -1.95. The first-order chi connectivity index (χ1) is 4.31. The monoisotopic (exact) mass is 126 g/mol. The van der Waals surface area contributed by atoms with E-state index in [1.54, 1.807) is 0 Å². The lowest BCUT2D eigenvalue weighted by Crippen LogP contribution is -2.34. The minimum Gasteiger partial charge on any atom is -0.327 e. The Kier molecular flexibility index (Phi) is 3.88. The first kappa shape index (κ1) is 7.50. The molecule has 0 saturated carbocycles. The maximum Gasteiger partial charge on any atom is 0.321 e. The van der Waals surface area contributed by atoms with Gasteiger partial charge < -0.3 is 5.32 Å². The molecule has 2 N–H and O–H groups in total. The molecule has 0 rings (SSSR count). The Morgan fingerprint density at radius 2 is 2.44 bits per heavy atom. The normalized spacial score (nSPS) is 7.00. The van der Waals surface area contributed by atoms with Crippen LogP contribution in [0.2, 0.25) is 0 Å². The summed E-state index contributed by atoms with van der Waals surface area (Å²) in [7, 11) is 0. The van der Waals surface area contributed by atoms with Crippen molar-refractivity contribution in [3.05, 3.63) is 0 Å². The number of carbonyl (C=O) groups is 2. The minimum atomic E-state index is -0.581. The summed E-state index contributed by atoms with van der Waals surface area (Å²) in [5, 5.41) is 4.07. The van der Waals surface area contributed by atoms with E-state index in [9.17, 15) is 9.59 Å². The van der Waals surface area contributed by atoms with Crippen molar-refractivity contribution in [3.63, 3.8) is 0 Å². The molecule has 4 heteroatoms. The van der Waals surface area contributed by atoms with Crippen molar-refractivity contribution < 1.29 is 9.59 Å². The molecule has 0 aromatic heterocycles. The van der Waals surface area contributed by atoms with Crippen molar-refractivity contribution in [2.24, 2.45) is 0 Å². The van der Waals surface area contributed by atoms with Crippen LogP contribution < -0.4 is 10.6 Å². The third-order valence-electron chi connectivity index (χ3n) is 0.541. The lowest BCUT2D eigenvalue weighted by atomic mass is 10.7. The van der Waals surface area contributed by atoms with Gasteiger partial charge in [0.05, 0.1) is 6.54 Å². The Morgan fingerprint density at radius 1 is 1.78 bits per heavy atom. The minimum absolute atomic E-state index is 0.125. The second-order valence-corrected chi connectivity index (χ2v) is 1.15. The zero-order valence-electron chi connectivity index (χ0n) is 4.68. The second-order valence-electron chi connectivity index (χ2n) is 1.15. The van der Waals surface area contributed by atoms with Crippen LogP contribution >= 0.6 is 0 Å². The zero-order valence-corrected chi connectivity index (χ0v) is 4.68. The molecule has 9 heavy (non-hydrogen) atoms. The van der Waals surface area contributed by atoms with Crippen molar-refractivity contribution >= 4 is 12.4 Å². The van der Waals surface area contributed by atoms with E-state index in [-0.39, 0.29) is 13.0 Å². The molecule has 3 amide bonds. The number of rotatable bonds is 2. The van der Waals surface area contributed by atoms with Crippen molar-refractivity contribution in [3.8, 4) is 12.3 Å². The summed E-state index contributed by atoms with van der Waals surface area (Å²) in [6, 6.07) is -0.581. The first-order valence-electron chi connectivity index (χ1n) is 2.22. The van der Waals surface area contributed by atoms with E-state index in [1.165, 1.54) is 0 Å². The molecule has 0 atom stereocenters. The fraction of sp³-hybridized carbons (Fsp3) is 0.200. The fourth-order valence-corrected chi connectivity index (χ4v) is 0.236. The predicted octanol–water partition coefficient (Wildman–Crippen LogP) is -0.925. The smallest absolute Gasteiger partial charge is 0.321 e. The van der Waals surface area contributed by atoms with E-state index in [1.807, 2.05) is 5.32 Å². The van der Waals surface area contributed by atoms with E-state index in [2.05, 4.69) is 11.2 Å². The molecule has 48 valence electrons. The molecule has 0 bridgehead atoms. The zero-order chi connectivity index (χ0) is 7.11. The average molecular weight is 126 g/mol. The lowest BCUT2D eigenvalue weighted by molar-refractivity contribution is -0.108. The molecule has 0 saturated heterocycles. The first-order valence-corrected chi connectivity index (χ1v) is 2.22. The highest BCUT2D eigenvalue weighted by Crippen LogP contribution is 1.57. The Balaban J connectivity index is 3.29. The van der Waals surface area contributed by atoms with E-state index >= 15 is 0 Å². The van der Waals surface area contributed by atoms with Crippen LogP contribution in [0, 0.1) is 12.3 Å². The van der Waals surface area contributed by atoms with Crippen LogP contribution in [0.15, 0.2) is 0 Å². The number of hydrogen-bond donors (Lipinski definition) is 2. The van der Waals surface area contributed by atoms with Crippen LogP contribution in [-0.2, 0) is 4.79 Å². The van der Waals surface area contributed by atoms with E-state index in [0.29, 0.717) is 0 Å². The van der Waals surface area contributed by atoms with Gasteiger partial charge in [0.15, 0.2) is 0 Å². The molecule has 0 aromatic rings. The number of hydrogen-bond acceptors (Lipinski definition) is 2. The van der Waals surface area contributed by atoms with Gasteiger partial charge in [0.25, 0.3) is 0 Å². The van der Waals surface area contributed by atoms with Gasteiger partial charge in [0.2, 0.25) is 6.41 Å². The summed E-state index contributed by atoms with van der Waals surface area (Å²) < 4.78 is 0. The number of terminal acetylenes is 1. The quantitative estimate of drug-likeness (QED) is 0.371. The predicted molar refractivity (Wildman–Crippen MR) is 31.4 cm³/mol. The molecular formula is C5H6N2O2. The maximum atomic E-state index is 10.3. The number of amides is 3. The van der Waals surface area contributed by atoms with Crippen molar-refractivity contribution in [1.82, 2.24) is 10.6 Å². The third kappa shape index (κ3) is 4.35. The Labute approximate surface area is 52.6 Å². The average Bonchev–Trinajstić information content (AvgIpc) is 1.85. The molecule has 0 heterocycles. The molecule has 0 spiro atoms. The van der Waals surface area contributed by atoms with Crippen LogP contribution in [-0.4, -0.2) is 19.0 Å². The van der Waals surface area contributed by atoms with Crippen LogP contribution in [0.5, 0.6) is 0 Å². The highest BCUT2D eigenvalue weighted by atomic mass is 16.2. The van der Waals surface area contributed by atoms with Gasteiger partial charge in [-0.25, -0.2) is 4.79 Å². The van der Waals surface area contributed by atoms with Crippen LogP contribution in [0.1, 0.15) is 0 Å². The van der Waals surface area contributed by atoms with Gasteiger partial charge in [-0.2, -0.15) is 0 Å². The molecular weight excluding hydrogens is 120 g/mol. The molecule has 0 unspecified atom stereocenters. The number of urea groups is 1. The van der Waals surface area contributed by atoms with Gasteiger partial charge in [-0.15, -0.1) is 6.42 Å². The van der Waals surface area contributed by atoms with Gasteiger partial charge in [0, 0.05) is 0 Å². The van der Waals surface area contributed by atoms with E-state index in [4.69, 9.17) is 6.42 Å². The maximum absolute atomic E-state index is 10.3. The number of nitrogens with one attached hydrogen (secondary N) is 2. The van der Waals surface area contributed by atoms with E-state index < -0.39 is 6.03 Å². The van der Waals surface area contributed by atoms with Crippen LogP contribution in [0.3, 0.4) is 0 Å². The largest absolute Gasteiger partial charge is 0.327 e. The van der Waals surface area contributed by atoms with Crippen molar-refractivity contribution in [2.75, 3.05) is 6.54 Å². The summed E-state index contributed by atoms with van der Waals surface area (Å²) >= 11 is 0. The highest BCUT2D eigenvalue weighted by Gasteiger charge is 1.91. The molecule has 0 fully saturated rings. The summed E-state index contributed by atoms with van der Waals surface area (Å²) in [4.78, 5) is 19.8. The summed E-state index contributed by atoms with van der Waals surface area (Å²) in [6.45, 7) is 0.125. The van der Waals surface area contributed by atoms with Crippen molar-refractivity contribution in [2.45, 2.75) is 0 Å². The Bertz CT molecular complexity index is 148. The molecule has 0 aromatic carbocycles. The standard InChI is InChI=1S/C5H6N2O2/c1-2-3-6-5(9)7-4-8/h1,4H,3H2,(H2,6,7,8,9). The van der Waals surface area contributed by atoms with E-state index in [0.717, 1.165) is 0 Å². The molecule has 0 aliphatic rings. The Morgan fingerprint density at radius 3 is 2.89 bits per heavy atom. The van der Waals surface area contributed by atoms with Gasteiger partial charge in [0.1, 0.15) is 0 Å². The third-order valence-corrected chi connectivity index (χ3v) is 0.541. The van der Waals surface area contributed by atoms with Gasteiger partial charge in [-0.05, 0) is 0 Å². The molecule has 0 aliphatic heterocycles. The summed E-state index contributed by atoms with van der Waals surface area (Å²) in [5.74, 6) is 2.17. The van der Waals surface area contributed by atoms with Gasteiger partial charge in [-0.3, -0.25) is 10.1 Å². The summed E-state index contributed by atoms with van der Waals surface area (Å²) in [5.41, 5.74) is 0. The second kappa shape index (κ2) is 4.65. The van der Waals surface area contributed by atoms with Crippen molar-refractivity contribution in [1.29, 1.82) is 0 Å². The topological polar surface area (TPSA) is 58.2 Å². The molecule has 0 radical (unpaired) electrons.